The van der Waals surface area contributed by atoms with E-state index in [1.807, 2.05) is 6.07 Å². The van der Waals surface area contributed by atoms with Crippen LogP contribution in [0.15, 0.2) is 22.7 Å². The molecule has 0 spiro atoms. The lowest BCUT2D eigenvalue weighted by atomic mass is 10.2. The van der Waals surface area contributed by atoms with Crippen LogP contribution in [0.3, 0.4) is 0 Å². The lowest BCUT2D eigenvalue weighted by Gasteiger charge is -2.17. The maximum atomic E-state index is 5.23. The number of benzene rings is 1. The van der Waals surface area contributed by atoms with Gasteiger partial charge in [-0.25, -0.2) is 0 Å². The number of likely N-dealkylation sites (N-methyl/N-ethyl adjacent to an activating group) is 1. The van der Waals surface area contributed by atoms with Gasteiger partial charge in [-0.05, 0) is 53.6 Å². The Bertz CT molecular complexity index is 358. The van der Waals surface area contributed by atoms with Crippen LogP contribution in [0, 0.1) is 0 Å². The monoisotopic (exact) mass is 314 g/mol. The van der Waals surface area contributed by atoms with Crippen LogP contribution in [-0.4, -0.2) is 38.7 Å². The molecule has 1 aromatic rings. The van der Waals surface area contributed by atoms with Crippen molar-refractivity contribution in [3.05, 3.63) is 28.2 Å². The van der Waals surface area contributed by atoms with Gasteiger partial charge in [0.15, 0.2) is 0 Å². The van der Waals surface area contributed by atoms with Gasteiger partial charge < -0.3 is 15.0 Å². The SMILES string of the molecule is CCCNCCN(C)Cc1ccc(OC)c(Br)c1. The van der Waals surface area contributed by atoms with Gasteiger partial charge in [0.25, 0.3) is 0 Å². The Morgan fingerprint density at radius 1 is 1.33 bits per heavy atom. The van der Waals surface area contributed by atoms with Crippen molar-refractivity contribution in [2.75, 3.05) is 33.8 Å². The molecule has 0 unspecified atom stereocenters. The molecule has 0 atom stereocenters. The number of methoxy groups -OCH3 is 1. The zero-order chi connectivity index (χ0) is 13.4. The molecule has 0 fully saturated rings. The van der Waals surface area contributed by atoms with Gasteiger partial charge >= 0.3 is 0 Å². The Balaban J connectivity index is 2.39. The molecule has 1 aromatic carbocycles. The van der Waals surface area contributed by atoms with Gasteiger partial charge in [0, 0.05) is 19.6 Å². The fourth-order valence-corrected chi connectivity index (χ4v) is 2.36. The van der Waals surface area contributed by atoms with Gasteiger partial charge in [0.1, 0.15) is 5.75 Å². The number of nitrogens with zero attached hydrogens (tertiary/aromatic N) is 1. The molecular formula is C14H23BrN2O. The number of nitrogens with one attached hydrogen (secondary N) is 1. The average Bonchev–Trinajstić information content (AvgIpc) is 2.35. The predicted molar refractivity (Wildman–Crippen MR) is 80.2 cm³/mol. The van der Waals surface area contributed by atoms with E-state index < -0.39 is 0 Å². The summed E-state index contributed by atoms with van der Waals surface area (Å²) in [5, 5.41) is 3.41. The summed E-state index contributed by atoms with van der Waals surface area (Å²) in [6, 6.07) is 6.23. The minimum Gasteiger partial charge on any atom is -0.496 e. The molecule has 0 aromatic heterocycles. The molecule has 18 heavy (non-hydrogen) atoms. The Morgan fingerprint density at radius 3 is 2.72 bits per heavy atom. The van der Waals surface area contributed by atoms with Crippen molar-refractivity contribution >= 4 is 15.9 Å². The second kappa shape index (κ2) is 8.51. The van der Waals surface area contributed by atoms with Gasteiger partial charge in [0.2, 0.25) is 0 Å². The predicted octanol–water partition coefficient (Wildman–Crippen LogP) is 2.89. The van der Waals surface area contributed by atoms with Crippen LogP contribution in [0.5, 0.6) is 5.75 Å². The Hall–Kier alpha value is -0.580. The molecule has 0 bridgehead atoms. The molecule has 0 radical (unpaired) electrons. The molecule has 0 heterocycles. The Morgan fingerprint density at radius 2 is 2.11 bits per heavy atom. The second-order valence-electron chi connectivity index (χ2n) is 4.46. The second-order valence-corrected chi connectivity index (χ2v) is 5.31. The summed E-state index contributed by atoms with van der Waals surface area (Å²) in [4.78, 5) is 2.32. The lowest BCUT2D eigenvalue weighted by Crippen LogP contribution is -2.29. The highest BCUT2D eigenvalue weighted by Gasteiger charge is 2.04. The number of hydrogen-bond acceptors (Lipinski definition) is 3. The molecule has 0 aliphatic carbocycles. The first-order valence-electron chi connectivity index (χ1n) is 6.39. The topological polar surface area (TPSA) is 24.5 Å². The van der Waals surface area contributed by atoms with E-state index in [1.165, 1.54) is 12.0 Å². The largest absolute Gasteiger partial charge is 0.496 e. The summed E-state index contributed by atoms with van der Waals surface area (Å²) in [5.74, 6) is 0.881. The molecule has 0 aliphatic rings. The number of rotatable bonds is 8. The minimum absolute atomic E-state index is 0.881. The quantitative estimate of drug-likeness (QED) is 0.747. The average molecular weight is 315 g/mol. The summed E-state index contributed by atoms with van der Waals surface area (Å²) in [7, 11) is 3.83. The highest BCUT2D eigenvalue weighted by molar-refractivity contribution is 9.10. The third-order valence-electron chi connectivity index (χ3n) is 2.77. The van der Waals surface area contributed by atoms with Crippen LogP contribution in [0.4, 0.5) is 0 Å². The van der Waals surface area contributed by atoms with Gasteiger partial charge in [-0.2, -0.15) is 0 Å². The summed E-state index contributed by atoms with van der Waals surface area (Å²) in [6.07, 6.45) is 1.19. The Kier molecular flexibility index (Phi) is 7.32. The smallest absolute Gasteiger partial charge is 0.133 e. The van der Waals surface area contributed by atoms with Crippen molar-refractivity contribution in [1.29, 1.82) is 0 Å². The molecule has 4 heteroatoms. The first kappa shape index (κ1) is 15.5. The maximum absolute atomic E-state index is 5.23. The third-order valence-corrected chi connectivity index (χ3v) is 3.39. The van der Waals surface area contributed by atoms with E-state index in [2.05, 4.69) is 52.3 Å². The van der Waals surface area contributed by atoms with Crippen molar-refractivity contribution < 1.29 is 4.74 Å². The Labute approximate surface area is 119 Å². The van der Waals surface area contributed by atoms with Crippen LogP contribution in [0.1, 0.15) is 18.9 Å². The highest BCUT2D eigenvalue weighted by Crippen LogP contribution is 2.25. The summed E-state index contributed by atoms with van der Waals surface area (Å²) >= 11 is 3.51. The molecular weight excluding hydrogens is 292 g/mol. The minimum atomic E-state index is 0.881. The fourth-order valence-electron chi connectivity index (χ4n) is 1.77. The molecule has 102 valence electrons. The summed E-state index contributed by atoms with van der Waals surface area (Å²) in [6.45, 7) is 6.34. The van der Waals surface area contributed by atoms with E-state index in [9.17, 15) is 0 Å². The maximum Gasteiger partial charge on any atom is 0.133 e. The first-order valence-corrected chi connectivity index (χ1v) is 7.18. The third kappa shape index (κ3) is 5.38. The number of halogens is 1. The standard InChI is InChI=1S/C14H23BrN2O/c1-4-7-16-8-9-17(2)11-12-5-6-14(18-3)13(15)10-12/h5-6,10,16H,4,7-9,11H2,1-3H3. The van der Waals surface area contributed by atoms with Gasteiger partial charge in [-0.1, -0.05) is 13.0 Å². The molecule has 3 nitrogen and oxygen atoms in total. The molecule has 1 N–H and O–H groups in total. The van der Waals surface area contributed by atoms with E-state index in [1.54, 1.807) is 7.11 Å². The van der Waals surface area contributed by atoms with Crippen LogP contribution in [0.25, 0.3) is 0 Å². The van der Waals surface area contributed by atoms with Crippen molar-refractivity contribution in [3.63, 3.8) is 0 Å². The van der Waals surface area contributed by atoms with Gasteiger partial charge in [-0.15, -0.1) is 0 Å². The van der Waals surface area contributed by atoms with Crippen LogP contribution < -0.4 is 10.1 Å². The molecule has 0 amide bonds. The van der Waals surface area contributed by atoms with E-state index >= 15 is 0 Å². The lowest BCUT2D eigenvalue weighted by molar-refractivity contribution is 0.324. The fraction of sp³-hybridized carbons (Fsp3) is 0.571. The highest BCUT2D eigenvalue weighted by atomic mass is 79.9. The zero-order valence-corrected chi connectivity index (χ0v) is 13.1. The summed E-state index contributed by atoms with van der Waals surface area (Å²) < 4.78 is 6.24. The zero-order valence-electron chi connectivity index (χ0n) is 11.5. The molecule has 0 saturated carbocycles. The van der Waals surface area contributed by atoms with E-state index in [4.69, 9.17) is 4.74 Å². The van der Waals surface area contributed by atoms with Gasteiger partial charge in [-0.3, -0.25) is 0 Å². The molecule has 1 rings (SSSR count). The van der Waals surface area contributed by atoms with E-state index in [0.717, 1.165) is 36.4 Å². The van der Waals surface area contributed by atoms with Crippen molar-refractivity contribution in [2.45, 2.75) is 19.9 Å². The first-order chi connectivity index (χ1) is 8.67. The number of hydrogen-bond donors (Lipinski definition) is 1. The van der Waals surface area contributed by atoms with Crippen molar-refractivity contribution in [3.8, 4) is 5.75 Å². The van der Waals surface area contributed by atoms with Gasteiger partial charge in [0.05, 0.1) is 11.6 Å². The van der Waals surface area contributed by atoms with Crippen molar-refractivity contribution in [1.82, 2.24) is 10.2 Å². The van der Waals surface area contributed by atoms with E-state index in [-0.39, 0.29) is 0 Å². The number of ether oxygens (including phenoxy) is 1. The van der Waals surface area contributed by atoms with Crippen LogP contribution >= 0.6 is 15.9 Å². The van der Waals surface area contributed by atoms with Crippen LogP contribution in [0.2, 0.25) is 0 Å². The molecule has 0 aliphatic heterocycles. The summed E-state index contributed by atoms with van der Waals surface area (Å²) in [5.41, 5.74) is 1.29. The van der Waals surface area contributed by atoms with Crippen molar-refractivity contribution in [2.24, 2.45) is 0 Å². The van der Waals surface area contributed by atoms with Crippen LogP contribution in [-0.2, 0) is 6.54 Å². The molecule has 0 saturated heterocycles. The van der Waals surface area contributed by atoms with E-state index in [0.29, 0.717) is 0 Å². The normalized spacial score (nSPS) is 10.9.